The van der Waals surface area contributed by atoms with E-state index in [4.69, 9.17) is 4.74 Å². The Bertz CT molecular complexity index is 187. The third kappa shape index (κ3) is 3.50. The van der Waals surface area contributed by atoms with Gasteiger partial charge in [0.15, 0.2) is 0 Å². The number of rotatable bonds is 5. The summed E-state index contributed by atoms with van der Waals surface area (Å²) in [6.45, 7) is 2.33. The first-order valence-electron chi connectivity index (χ1n) is 5.22. The van der Waals surface area contributed by atoms with Crippen LogP contribution in [0.25, 0.3) is 0 Å². The molecule has 4 heteroatoms. The van der Waals surface area contributed by atoms with E-state index < -0.39 is 0 Å². The largest absolute Gasteiger partial charge is 0.465 e. The third-order valence-corrected chi connectivity index (χ3v) is 3.94. The van der Waals surface area contributed by atoms with Gasteiger partial charge in [-0.15, -0.1) is 11.8 Å². The predicted octanol–water partition coefficient (Wildman–Crippen LogP) is 1.42. The molecule has 0 heterocycles. The van der Waals surface area contributed by atoms with Gasteiger partial charge in [-0.2, -0.15) is 0 Å². The zero-order chi connectivity index (χ0) is 10.4. The highest BCUT2D eigenvalue weighted by Crippen LogP contribution is 2.29. The highest BCUT2D eigenvalue weighted by atomic mass is 32.2. The van der Waals surface area contributed by atoms with E-state index in [2.05, 4.69) is 5.32 Å². The second-order valence-corrected chi connectivity index (χ2v) is 4.71. The summed E-state index contributed by atoms with van der Waals surface area (Å²) in [5, 5.41) is 3.88. The molecular weight excluding hydrogens is 198 g/mol. The number of hydrogen-bond donors (Lipinski definition) is 1. The van der Waals surface area contributed by atoms with Crippen molar-refractivity contribution >= 4 is 17.7 Å². The van der Waals surface area contributed by atoms with Gasteiger partial charge in [0.05, 0.1) is 12.4 Å². The van der Waals surface area contributed by atoms with Crippen molar-refractivity contribution in [2.75, 3.05) is 19.4 Å². The van der Waals surface area contributed by atoms with E-state index in [1.165, 1.54) is 19.3 Å². The lowest BCUT2D eigenvalue weighted by Gasteiger charge is -2.17. The van der Waals surface area contributed by atoms with Crippen LogP contribution in [0, 0.1) is 0 Å². The second kappa shape index (κ2) is 6.30. The summed E-state index contributed by atoms with van der Waals surface area (Å²) >= 11 is 1.73. The molecule has 82 valence electrons. The van der Waals surface area contributed by atoms with Crippen LogP contribution >= 0.6 is 11.8 Å². The van der Waals surface area contributed by atoms with Crippen molar-refractivity contribution in [2.24, 2.45) is 0 Å². The van der Waals surface area contributed by atoms with Crippen molar-refractivity contribution in [2.45, 2.75) is 37.5 Å². The molecule has 3 nitrogen and oxygen atoms in total. The summed E-state index contributed by atoms with van der Waals surface area (Å²) < 4.78 is 4.89. The molecule has 2 atom stereocenters. The molecule has 0 amide bonds. The zero-order valence-corrected chi connectivity index (χ0v) is 9.73. The van der Waals surface area contributed by atoms with Crippen molar-refractivity contribution in [1.82, 2.24) is 5.32 Å². The first kappa shape index (κ1) is 11.9. The second-order valence-electron chi connectivity index (χ2n) is 3.48. The lowest BCUT2D eigenvalue weighted by atomic mass is 10.2. The van der Waals surface area contributed by atoms with Gasteiger partial charge in [-0.3, -0.25) is 4.79 Å². The monoisotopic (exact) mass is 217 g/mol. The minimum Gasteiger partial charge on any atom is -0.465 e. The molecule has 1 fully saturated rings. The average molecular weight is 217 g/mol. The first-order valence-corrected chi connectivity index (χ1v) is 6.27. The minimum absolute atomic E-state index is 0.0840. The summed E-state index contributed by atoms with van der Waals surface area (Å²) in [4.78, 5) is 11.1. The van der Waals surface area contributed by atoms with Crippen molar-refractivity contribution in [3.8, 4) is 0 Å². The quantitative estimate of drug-likeness (QED) is 0.707. The lowest BCUT2D eigenvalue weighted by Crippen LogP contribution is -2.31. The number of thioether (sulfide) groups is 1. The van der Waals surface area contributed by atoms with Crippen molar-refractivity contribution in [1.29, 1.82) is 0 Å². The van der Waals surface area contributed by atoms with Crippen LogP contribution in [0.5, 0.6) is 0 Å². The molecule has 14 heavy (non-hydrogen) atoms. The van der Waals surface area contributed by atoms with E-state index >= 15 is 0 Å². The van der Waals surface area contributed by atoms with Gasteiger partial charge in [0.2, 0.25) is 0 Å². The normalized spacial score (nSPS) is 26.4. The Morgan fingerprint density at radius 2 is 2.36 bits per heavy atom. The van der Waals surface area contributed by atoms with E-state index in [9.17, 15) is 4.79 Å². The van der Waals surface area contributed by atoms with Crippen LogP contribution in [-0.4, -0.2) is 36.7 Å². The Morgan fingerprint density at radius 1 is 1.57 bits per heavy atom. The summed E-state index contributed by atoms with van der Waals surface area (Å²) in [7, 11) is 1.99. The Kier molecular flexibility index (Phi) is 5.33. The molecule has 1 saturated carbocycles. The van der Waals surface area contributed by atoms with Crippen molar-refractivity contribution < 1.29 is 9.53 Å². The third-order valence-electron chi connectivity index (χ3n) is 2.54. The van der Waals surface area contributed by atoms with Crippen LogP contribution in [0.1, 0.15) is 26.2 Å². The van der Waals surface area contributed by atoms with Crippen LogP contribution in [0.2, 0.25) is 0 Å². The smallest absolute Gasteiger partial charge is 0.315 e. The molecule has 0 aromatic carbocycles. The Balaban J connectivity index is 2.20. The van der Waals surface area contributed by atoms with Gasteiger partial charge < -0.3 is 10.1 Å². The van der Waals surface area contributed by atoms with Gasteiger partial charge in [-0.05, 0) is 26.8 Å². The minimum atomic E-state index is -0.0840. The van der Waals surface area contributed by atoms with E-state index in [1.807, 2.05) is 14.0 Å². The van der Waals surface area contributed by atoms with Crippen LogP contribution in [0.3, 0.4) is 0 Å². The zero-order valence-electron chi connectivity index (χ0n) is 8.91. The van der Waals surface area contributed by atoms with E-state index in [0.29, 0.717) is 23.7 Å². The molecule has 0 aromatic rings. The van der Waals surface area contributed by atoms with E-state index in [0.717, 1.165) is 0 Å². The van der Waals surface area contributed by atoms with Gasteiger partial charge in [0.25, 0.3) is 0 Å². The molecule has 0 bridgehead atoms. The number of carbonyl (C=O) groups is 1. The fraction of sp³-hybridized carbons (Fsp3) is 0.900. The average Bonchev–Trinajstić information content (AvgIpc) is 2.62. The Morgan fingerprint density at radius 3 is 3.00 bits per heavy atom. The SMILES string of the molecule is CCOC(=O)CSC1CCCC1NC. The Labute approximate surface area is 90.0 Å². The first-order chi connectivity index (χ1) is 6.77. The number of esters is 1. The predicted molar refractivity (Wildman–Crippen MR) is 59.6 cm³/mol. The van der Waals surface area contributed by atoms with Crippen molar-refractivity contribution in [3.05, 3.63) is 0 Å². The van der Waals surface area contributed by atoms with Crippen molar-refractivity contribution in [3.63, 3.8) is 0 Å². The Hall–Kier alpha value is -0.220. The van der Waals surface area contributed by atoms with Crippen LogP contribution in [0.4, 0.5) is 0 Å². The van der Waals surface area contributed by atoms with Gasteiger partial charge in [-0.1, -0.05) is 6.42 Å². The molecule has 0 saturated heterocycles. The molecule has 0 aliphatic heterocycles. The molecule has 1 N–H and O–H groups in total. The molecule has 0 radical (unpaired) electrons. The topological polar surface area (TPSA) is 38.3 Å². The van der Waals surface area contributed by atoms with Gasteiger partial charge in [0, 0.05) is 11.3 Å². The van der Waals surface area contributed by atoms with Crippen LogP contribution in [-0.2, 0) is 9.53 Å². The summed E-state index contributed by atoms with van der Waals surface area (Å²) in [6.07, 6.45) is 3.72. The highest BCUT2D eigenvalue weighted by molar-refractivity contribution is 8.00. The molecule has 0 aromatic heterocycles. The standard InChI is InChI=1S/C10H19NO2S/c1-3-13-10(12)7-14-9-6-4-5-8(9)11-2/h8-9,11H,3-7H2,1-2H3. The maximum absolute atomic E-state index is 11.1. The fourth-order valence-corrected chi connectivity index (χ4v) is 3.10. The molecule has 0 spiro atoms. The molecule has 1 aliphatic rings. The highest BCUT2D eigenvalue weighted by Gasteiger charge is 2.26. The maximum Gasteiger partial charge on any atom is 0.315 e. The molecule has 1 rings (SSSR count). The summed E-state index contributed by atoms with van der Waals surface area (Å²) in [6, 6.07) is 0.578. The number of hydrogen-bond acceptors (Lipinski definition) is 4. The number of ether oxygens (including phenoxy) is 1. The summed E-state index contributed by atoms with van der Waals surface area (Å²) in [5.74, 6) is 0.413. The molecule has 1 aliphatic carbocycles. The fourth-order valence-electron chi connectivity index (χ4n) is 1.83. The van der Waals surface area contributed by atoms with Gasteiger partial charge in [-0.25, -0.2) is 0 Å². The molecular formula is C10H19NO2S. The van der Waals surface area contributed by atoms with Crippen LogP contribution in [0.15, 0.2) is 0 Å². The van der Waals surface area contributed by atoms with E-state index in [-0.39, 0.29) is 5.97 Å². The lowest BCUT2D eigenvalue weighted by molar-refractivity contribution is -0.139. The molecule has 2 unspecified atom stereocenters. The maximum atomic E-state index is 11.1. The number of carbonyl (C=O) groups excluding carboxylic acids is 1. The van der Waals surface area contributed by atoms with Gasteiger partial charge in [0.1, 0.15) is 0 Å². The number of nitrogens with one attached hydrogen (secondary N) is 1. The van der Waals surface area contributed by atoms with Crippen LogP contribution < -0.4 is 5.32 Å². The summed E-state index contributed by atoms with van der Waals surface area (Å²) in [5.41, 5.74) is 0. The van der Waals surface area contributed by atoms with E-state index in [1.54, 1.807) is 11.8 Å². The van der Waals surface area contributed by atoms with Gasteiger partial charge >= 0.3 is 5.97 Å².